The van der Waals surface area contributed by atoms with Crippen molar-refractivity contribution in [1.29, 1.82) is 0 Å². The monoisotopic (exact) mass is 300 g/mol. The van der Waals surface area contributed by atoms with E-state index in [-0.39, 0.29) is 0 Å². The van der Waals surface area contributed by atoms with E-state index in [4.69, 9.17) is 5.73 Å². The molecule has 1 aromatic heterocycles. The first kappa shape index (κ1) is 14.8. The van der Waals surface area contributed by atoms with Crippen LogP contribution in [0.25, 0.3) is 0 Å². The molecule has 2 N–H and O–H groups in total. The van der Waals surface area contributed by atoms with Gasteiger partial charge in [-0.2, -0.15) is 0 Å². The van der Waals surface area contributed by atoms with Crippen molar-refractivity contribution in [3.63, 3.8) is 0 Å². The van der Waals surface area contributed by atoms with Gasteiger partial charge in [-0.1, -0.05) is 29.3 Å². The van der Waals surface area contributed by atoms with Crippen LogP contribution < -0.4 is 5.73 Å². The Bertz CT molecular complexity index is 612. The molecule has 2 heterocycles. The van der Waals surface area contributed by atoms with Gasteiger partial charge in [0.05, 0.1) is 0 Å². The third-order valence-electron chi connectivity index (χ3n) is 4.58. The zero-order valence-corrected chi connectivity index (χ0v) is 13.9. The lowest BCUT2D eigenvalue weighted by atomic mass is 9.94. The van der Waals surface area contributed by atoms with E-state index < -0.39 is 0 Å². The Kier molecular flexibility index (Phi) is 4.16. The van der Waals surface area contributed by atoms with Crippen LogP contribution in [0.15, 0.2) is 29.6 Å². The van der Waals surface area contributed by atoms with E-state index in [0.29, 0.717) is 18.6 Å². The molecule has 0 saturated heterocycles. The molecule has 112 valence electrons. The zero-order chi connectivity index (χ0) is 15.0. The summed E-state index contributed by atoms with van der Waals surface area (Å²) in [5, 5.41) is 2.22. The van der Waals surface area contributed by atoms with Crippen LogP contribution in [0.4, 0.5) is 0 Å². The number of aryl methyl sites for hydroxylation is 2. The molecule has 21 heavy (non-hydrogen) atoms. The van der Waals surface area contributed by atoms with Gasteiger partial charge in [-0.15, -0.1) is 11.3 Å². The van der Waals surface area contributed by atoms with Crippen molar-refractivity contribution in [2.45, 2.75) is 39.3 Å². The molecule has 2 unspecified atom stereocenters. The third kappa shape index (κ3) is 2.78. The largest absolute Gasteiger partial charge is 0.329 e. The van der Waals surface area contributed by atoms with Gasteiger partial charge in [0.1, 0.15) is 0 Å². The van der Waals surface area contributed by atoms with E-state index >= 15 is 0 Å². The first-order valence-electron chi connectivity index (χ1n) is 7.70. The maximum Gasteiger partial charge on any atom is 0.0476 e. The molecule has 0 amide bonds. The van der Waals surface area contributed by atoms with Crippen LogP contribution >= 0.6 is 11.3 Å². The number of fused-ring (bicyclic) bond motifs is 1. The van der Waals surface area contributed by atoms with Crippen molar-refractivity contribution >= 4 is 11.3 Å². The smallest absolute Gasteiger partial charge is 0.0476 e. The van der Waals surface area contributed by atoms with E-state index in [1.165, 1.54) is 22.3 Å². The van der Waals surface area contributed by atoms with E-state index in [0.717, 1.165) is 13.0 Å². The van der Waals surface area contributed by atoms with Crippen molar-refractivity contribution < 1.29 is 0 Å². The standard InChI is InChI=1S/C18H24N2S/c1-12-8-13(2)10-15(9-12)17(11-19)20-6-4-18-16(14(20)3)5-7-21-18/h5,7-10,14,17H,4,6,11,19H2,1-3H3. The predicted molar refractivity (Wildman–Crippen MR) is 90.9 cm³/mol. The zero-order valence-electron chi connectivity index (χ0n) is 13.1. The highest BCUT2D eigenvalue weighted by atomic mass is 32.1. The van der Waals surface area contributed by atoms with Gasteiger partial charge >= 0.3 is 0 Å². The van der Waals surface area contributed by atoms with Gasteiger partial charge in [0, 0.05) is 30.1 Å². The molecule has 1 aromatic carbocycles. The SMILES string of the molecule is Cc1cc(C)cc(C(CN)N2CCc3sccc3C2C)c1. The summed E-state index contributed by atoms with van der Waals surface area (Å²) in [5.41, 5.74) is 11.7. The molecule has 2 aromatic rings. The Balaban J connectivity index is 1.94. The lowest BCUT2D eigenvalue weighted by Gasteiger charge is -2.39. The Morgan fingerprint density at radius 2 is 2.00 bits per heavy atom. The molecule has 2 nitrogen and oxygen atoms in total. The van der Waals surface area contributed by atoms with Crippen LogP contribution in [0, 0.1) is 13.8 Å². The first-order chi connectivity index (χ1) is 10.1. The first-order valence-corrected chi connectivity index (χ1v) is 8.58. The van der Waals surface area contributed by atoms with Crippen LogP contribution in [0.1, 0.15) is 46.1 Å². The van der Waals surface area contributed by atoms with Crippen LogP contribution in [-0.4, -0.2) is 18.0 Å². The molecule has 0 radical (unpaired) electrons. The lowest BCUT2D eigenvalue weighted by Crippen LogP contribution is -2.39. The predicted octanol–water partition coefficient (Wildman–Crippen LogP) is 3.98. The molecule has 0 spiro atoms. The fraction of sp³-hybridized carbons (Fsp3) is 0.444. The molecular formula is C18H24N2S. The summed E-state index contributed by atoms with van der Waals surface area (Å²) in [7, 11) is 0. The van der Waals surface area contributed by atoms with Gasteiger partial charge in [0.15, 0.2) is 0 Å². The third-order valence-corrected chi connectivity index (χ3v) is 5.57. The second-order valence-corrected chi connectivity index (χ2v) is 7.14. The Morgan fingerprint density at radius 1 is 1.29 bits per heavy atom. The van der Waals surface area contributed by atoms with Crippen LogP contribution in [0.2, 0.25) is 0 Å². The number of benzene rings is 1. The van der Waals surface area contributed by atoms with Crippen LogP contribution in [-0.2, 0) is 6.42 Å². The number of hydrogen-bond acceptors (Lipinski definition) is 3. The van der Waals surface area contributed by atoms with Crippen molar-refractivity contribution in [2.75, 3.05) is 13.1 Å². The van der Waals surface area contributed by atoms with Gasteiger partial charge in [0.25, 0.3) is 0 Å². The minimum absolute atomic E-state index is 0.312. The van der Waals surface area contributed by atoms with E-state index in [9.17, 15) is 0 Å². The van der Waals surface area contributed by atoms with Crippen molar-refractivity contribution in [1.82, 2.24) is 4.90 Å². The number of thiophene rings is 1. The lowest BCUT2D eigenvalue weighted by molar-refractivity contribution is 0.138. The Labute approximate surface area is 131 Å². The molecule has 1 aliphatic heterocycles. The van der Waals surface area contributed by atoms with Crippen molar-refractivity contribution in [3.8, 4) is 0 Å². The molecule has 3 rings (SSSR count). The molecule has 0 bridgehead atoms. The summed E-state index contributed by atoms with van der Waals surface area (Å²) in [6, 6.07) is 9.86. The number of rotatable bonds is 3. The summed E-state index contributed by atoms with van der Waals surface area (Å²) in [6.07, 6.45) is 1.15. The number of nitrogens with zero attached hydrogens (tertiary/aromatic N) is 1. The van der Waals surface area contributed by atoms with Gasteiger partial charge in [0.2, 0.25) is 0 Å². The van der Waals surface area contributed by atoms with Crippen LogP contribution in [0.3, 0.4) is 0 Å². The maximum absolute atomic E-state index is 6.15. The van der Waals surface area contributed by atoms with E-state index in [2.05, 4.69) is 55.3 Å². The number of nitrogens with two attached hydrogens (primary N) is 1. The highest BCUT2D eigenvalue weighted by molar-refractivity contribution is 7.10. The fourth-order valence-corrected chi connectivity index (χ4v) is 4.58. The minimum atomic E-state index is 0.312. The second kappa shape index (κ2) is 5.91. The van der Waals surface area contributed by atoms with E-state index in [1.54, 1.807) is 4.88 Å². The Hall–Kier alpha value is -1.16. The van der Waals surface area contributed by atoms with Crippen molar-refractivity contribution in [2.24, 2.45) is 5.73 Å². The summed E-state index contributed by atoms with van der Waals surface area (Å²) < 4.78 is 0. The molecule has 1 aliphatic rings. The molecule has 3 heteroatoms. The van der Waals surface area contributed by atoms with Gasteiger partial charge in [-0.25, -0.2) is 0 Å². The molecule has 0 fully saturated rings. The highest BCUT2D eigenvalue weighted by Crippen LogP contribution is 2.38. The highest BCUT2D eigenvalue weighted by Gasteiger charge is 2.30. The fourth-order valence-electron chi connectivity index (χ4n) is 3.62. The summed E-state index contributed by atoms with van der Waals surface area (Å²) in [6.45, 7) is 8.42. The molecule has 0 saturated carbocycles. The van der Waals surface area contributed by atoms with Gasteiger partial charge < -0.3 is 5.73 Å². The summed E-state index contributed by atoms with van der Waals surface area (Å²) in [4.78, 5) is 4.12. The van der Waals surface area contributed by atoms with Gasteiger partial charge in [-0.3, -0.25) is 4.90 Å². The Morgan fingerprint density at radius 3 is 2.67 bits per heavy atom. The maximum atomic E-state index is 6.15. The average molecular weight is 300 g/mol. The van der Waals surface area contributed by atoms with Gasteiger partial charge in [-0.05, 0) is 49.8 Å². The van der Waals surface area contributed by atoms with E-state index in [1.807, 2.05) is 11.3 Å². The molecule has 2 atom stereocenters. The topological polar surface area (TPSA) is 29.3 Å². The second-order valence-electron chi connectivity index (χ2n) is 6.14. The van der Waals surface area contributed by atoms with Crippen LogP contribution in [0.5, 0.6) is 0 Å². The van der Waals surface area contributed by atoms with Crippen molar-refractivity contribution in [3.05, 3.63) is 56.8 Å². The summed E-state index contributed by atoms with van der Waals surface area (Å²) >= 11 is 1.89. The minimum Gasteiger partial charge on any atom is -0.329 e. The number of hydrogen-bond donors (Lipinski definition) is 1. The molecule has 0 aliphatic carbocycles. The quantitative estimate of drug-likeness (QED) is 0.929. The summed E-state index contributed by atoms with van der Waals surface area (Å²) in [5.74, 6) is 0. The normalized spacial score (nSPS) is 20.3. The molecular weight excluding hydrogens is 276 g/mol. The average Bonchev–Trinajstić information content (AvgIpc) is 2.90.